The van der Waals surface area contributed by atoms with Gasteiger partial charge in [0.15, 0.2) is 0 Å². The maximum atomic E-state index is 12.3. The van der Waals surface area contributed by atoms with Gasteiger partial charge < -0.3 is 20.5 Å². The van der Waals surface area contributed by atoms with E-state index in [1.54, 1.807) is 0 Å². The number of ether oxygens (including phenoxy) is 1. The Morgan fingerprint density at radius 1 is 1.08 bits per heavy atom. The van der Waals surface area contributed by atoms with Crippen molar-refractivity contribution in [3.05, 3.63) is 71.8 Å². The zero-order valence-corrected chi connectivity index (χ0v) is 13.4. The van der Waals surface area contributed by atoms with Crippen LogP contribution in [0, 0.1) is 0 Å². The van der Waals surface area contributed by atoms with E-state index in [0.717, 1.165) is 11.1 Å². The van der Waals surface area contributed by atoms with Crippen molar-refractivity contribution in [1.82, 2.24) is 10.6 Å². The van der Waals surface area contributed by atoms with Gasteiger partial charge in [0.25, 0.3) is 0 Å². The minimum Gasteiger partial charge on any atom is -0.386 e. The largest absolute Gasteiger partial charge is 0.386 e. The number of aliphatic hydroxyl groups is 1. The Hall–Kier alpha value is -2.37. The van der Waals surface area contributed by atoms with Crippen LogP contribution < -0.4 is 10.6 Å². The summed E-state index contributed by atoms with van der Waals surface area (Å²) in [7, 11) is 0. The van der Waals surface area contributed by atoms with Crippen LogP contribution in [0.25, 0.3) is 0 Å². The Balaban J connectivity index is 1.69. The molecule has 0 bridgehead atoms. The van der Waals surface area contributed by atoms with E-state index in [-0.39, 0.29) is 25.2 Å². The molecular formula is C19H22N2O3. The topological polar surface area (TPSA) is 70.6 Å². The van der Waals surface area contributed by atoms with Crippen LogP contribution in [-0.4, -0.2) is 36.5 Å². The van der Waals surface area contributed by atoms with Crippen LogP contribution >= 0.6 is 0 Å². The Kier molecular flexibility index (Phi) is 5.13. The van der Waals surface area contributed by atoms with E-state index in [2.05, 4.69) is 10.6 Å². The van der Waals surface area contributed by atoms with Crippen LogP contribution in [0.15, 0.2) is 60.7 Å². The first-order chi connectivity index (χ1) is 11.7. The summed E-state index contributed by atoms with van der Waals surface area (Å²) in [6, 6.07) is 19.1. The molecule has 1 heterocycles. The second-order valence-electron chi connectivity index (χ2n) is 6.11. The Morgan fingerprint density at radius 3 is 2.17 bits per heavy atom. The number of carbonyl (C=O) groups excluding carboxylic acids is 1. The number of hydrogen-bond acceptors (Lipinski definition) is 3. The normalized spacial score (nSPS) is 20.1. The SMILES string of the molecule is O=C(NCC1(O)CCOC1)NC(c1ccccc1)c1ccccc1. The third kappa shape index (κ3) is 4.13. The lowest BCUT2D eigenvalue weighted by Crippen LogP contribution is -2.47. The van der Waals surface area contributed by atoms with Crippen molar-refractivity contribution in [1.29, 1.82) is 0 Å². The van der Waals surface area contributed by atoms with Gasteiger partial charge in [-0.05, 0) is 11.1 Å². The van der Waals surface area contributed by atoms with Crippen molar-refractivity contribution in [2.24, 2.45) is 0 Å². The molecule has 1 unspecified atom stereocenters. The number of benzene rings is 2. The maximum absolute atomic E-state index is 12.3. The van der Waals surface area contributed by atoms with Crippen LogP contribution in [0.5, 0.6) is 0 Å². The first kappa shape index (κ1) is 16.5. The molecule has 1 fully saturated rings. The van der Waals surface area contributed by atoms with Gasteiger partial charge in [0.1, 0.15) is 5.60 Å². The Morgan fingerprint density at radius 2 is 1.67 bits per heavy atom. The molecule has 2 aromatic carbocycles. The first-order valence-electron chi connectivity index (χ1n) is 8.11. The van der Waals surface area contributed by atoms with Crippen molar-refractivity contribution in [2.75, 3.05) is 19.8 Å². The maximum Gasteiger partial charge on any atom is 0.315 e. The second kappa shape index (κ2) is 7.47. The summed E-state index contributed by atoms with van der Waals surface area (Å²) in [5.74, 6) is 0. The lowest BCUT2D eigenvalue weighted by molar-refractivity contribution is 0.0291. The number of amides is 2. The van der Waals surface area contributed by atoms with E-state index in [1.165, 1.54) is 0 Å². The van der Waals surface area contributed by atoms with Crippen molar-refractivity contribution in [3.8, 4) is 0 Å². The fraction of sp³-hybridized carbons (Fsp3) is 0.316. The lowest BCUT2D eigenvalue weighted by Gasteiger charge is -2.23. The molecule has 1 saturated heterocycles. The zero-order valence-electron chi connectivity index (χ0n) is 13.4. The van der Waals surface area contributed by atoms with Gasteiger partial charge in [-0.1, -0.05) is 60.7 Å². The summed E-state index contributed by atoms with van der Waals surface area (Å²) < 4.78 is 5.19. The summed E-state index contributed by atoms with van der Waals surface area (Å²) in [6.45, 7) is 0.958. The molecule has 0 aliphatic carbocycles. The molecule has 5 heteroatoms. The molecule has 2 aromatic rings. The van der Waals surface area contributed by atoms with E-state index in [1.807, 2.05) is 60.7 Å². The summed E-state index contributed by atoms with van der Waals surface area (Å²) >= 11 is 0. The number of urea groups is 1. The smallest absolute Gasteiger partial charge is 0.315 e. The van der Waals surface area contributed by atoms with Crippen LogP contribution in [0.1, 0.15) is 23.6 Å². The predicted molar refractivity (Wildman–Crippen MR) is 91.6 cm³/mol. The summed E-state index contributed by atoms with van der Waals surface area (Å²) in [6.07, 6.45) is 0.536. The minimum absolute atomic E-state index is 0.176. The van der Waals surface area contributed by atoms with Gasteiger partial charge in [0.2, 0.25) is 0 Å². The van der Waals surface area contributed by atoms with Crippen LogP contribution in [0.2, 0.25) is 0 Å². The summed E-state index contributed by atoms with van der Waals surface area (Å²) in [5.41, 5.74) is 1.04. The fourth-order valence-corrected chi connectivity index (χ4v) is 2.81. The van der Waals surface area contributed by atoms with Crippen molar-refractivity contribution >= 4 is 6.03 Å². The molecule has 126 valence electrons. The van der Waals surface area contributed by atoms with E-state index >= 15 is 0 Å². The molecule has 0 spiro atoms. The second-order valence-corrected chi connectivity index (χ2v) is 6.11. The number of rotatable bonds is 5. The predicted octanol–water partition coefficient (Wildman–Crippen LogP) is 2.23. The highest BCUT2D eigenvalue weighted by Gasteiger charge is 2.32. The monoisotopic (exact) mass is 326 g/mol. The number of hydrogen-bond donors (Lipinski definition) is 3. The van der Waals surface area contributed by atoms with Crippen molar-refractivity contribution in [3.63, 3.8) is 0 Å². The third-order valence-corrected chi connectivity index (χ3v) is 4.20. The molecule has 0 saturated carbocycles. The molecule has 1 aliphatic rings. The quantitative estimate of drug-likeness (QED) is 0.789. The average molecular weight is 326 g/mol. The van der Waals surface area contributed by atoms with E-state index < -0.39 is 5.60 Å². The van der Waals surface area contributed by atoms with Gasteiger partial charge in [-0.2, -0.15) is 0 Å². The molecular weight excluding hydrogens is 304 g/mol. The highest BCUT2D eigenvalue weighted by molar-refractivity contribution is 5.75. The van der Waals surface area contributed by atoms with Gasteiger partial charge >= 0.3 is 6.03 Å². The average Bonchev–Trinajstić information content (AvgIpc) is 3.06. The van der Waals surface area contributed by atoms with Gasteiger partial charge in [-0.15, -0.1) is 0 Å². The van der Waals surface area contributed by atoms with Gasteiger partial charge in [-0.25, -0.2) is 4.79 Å². The fourth-order valence-electron chi connectivity index (χ4n) is 2.81. The third-order valence-electron chi connectivity index (χ3n) is 4.20. The van der Waals surface area contributed by atoms with Crippen LogP contribution in [-0.2, 0) is 4.74 Å². The molecule has 24 heavy (non-hydrogen) atoms. The molecule has 0 aromatic heterocycles. The molecule has 1 aliphatic heterocycles. The molecule has 0 radical (unpaired) electrons. The minimum atomic E-state index is -0.966. The highest BCUT2D eigenvalue weighted by atomic mass is 16.5. The van der Waals surface area contributed by atoms with E-state index in [0.29, 0.717) is 13.0 Å². The molecule has 2 amide bonds. The van der Waals surface area contributed by atoms with Crippen molar-refractivity contribution in [2.45, 2.75) is 18.1 Å². The standard InChI is InChI=1S/C19H22N2O3/c22-18(20-13-19(23)11-12-24-14-19)21-17(15-7-3-1-4-8-15)16-9-5-2-6-10-16/h1-10,17,23H,11-14H2,(H2,20,21,22). The Labute approximate surface area is 141 Å². The van der Waals surface area contributed by atoms with E-state index in [9.17, 15) is 9.90 Å². The van der Waals surface area contributed by atoms with Crippen LogP contribution in [0.3, 0.4) is 0 Å². The van der Waals surface area contributed by atoms with Gasteiger partial charge in [-0.3, -0.25) is 0 Å². The lowest BCUT2D eigenvalue weighted by atomic mass is 9.99. The van der Waals surface area contributed by atoms with Crippen LogP contribution in [0.4, 0.5) is 4.79 Å². The van der Waals surface area contributed by atoms with Gasteiger partial charge in [0, 0.05) is 13.0 Å². The molecule has 3 rings (SSSR count). The zero-order chi connectivity index (χ0) is 16.8. The highest BCUT2D eigenvalue weighted by Crippen LogP contribution is 2.22. The van der Waals surface area contributed by atoms with E-state index in [4.69, 9.17) is 4.74 Å². The number of carbonyl (C=O) groups is 1. The molecule has 1 atom stereocenters. The summed E-state index contributed by atoms with van der Waals surface area (Å²) in [5, 5.41) is 16.0. The van der Waals surface area contributed by atoms with Crippen molar-refractivity contribution < 1.29 is 14.6 Å². The molecule has 3 N–H and O–H groups in total. The van der Waals surface area contributed by atoms with Gasteiger partial charge in [0.05, 0.1) is 19.2 Å². The Bertz CT molecular complexity index is 615. The first-order valence-corrected chi connectivity index (χ1v) is 8.11. The molecule has 5 nitrogen and oxygen atoms in total. The summed E-state index contributed by atoms with van der Waals surface area (Å²) in [4.78, 5) is 12.3. The number of nitrogens with one attached hydrogen (secondary N) is 2.